The molecular formula is C19H20O3. The van der Waals surface area contributed by atoms with E-state index >= 15 is 0 Å². The van der Waals surface area contributed by atoms with Gasteiger partial charge in [-0.2, -0.15) is 0 Å². The molecule has 0 heterocycles. The van der Waals surface area contributed by atoms with Gasteiger partial charge in [-0.15, -0.1) is 0 Å². The Labute approximate surface area is 130 Å². The van der Waals surface area contributed by atoms with Gasteiger partial charge in [-0.25, -0.2) is 4.79 Å². The fourth-order valence-electron chi connectivity index (χ4n) is 3.23. The van der Waals surface area contributed by atoms with Crippen LogP contribution in [-0.2, 0) is 10.2 Å². The van der Waals surface area contributed by atoms with Crippen LogP contribution in [0.2, 0.25) is 0 Å². The van der Waals surface area contributed by atoms with Gasteiger partial charge in [0.2, 0.25) is 0 Å². The predicted molar refractivity (Wildman–Crippen MR) is 85.4 cm³/mol. The molecule has 0 amide bonds. The third-order valence-corrected chi connectivity index (χ3v) is 4.71. The molecule has 0 radical (unpaired) electrons. The highest BCUT2D eigenvalue weighted by Gasteiger charge is 2.40. The summed E-state index contributed by atoms with van der Waals surface area (Å²) in [5.74, 6) is 0.581. The molecule has 0 atom stereocenters. The first-order valence-corrected chi connectivity index (χ1v) is 7.53. The first kappa shape index (κ1) is 14.6. The Kier molecular flexibility index (Phi) is 3.88. The first-order valence-electron chi connectivity index (χ1n) is 7.53. The minimum Gasteiger partial charge on any atom is -0.497 e. The van der Waals surface area contributed by atoms with E-state index in [2.05, 4.69) is 24.3 Å². The molecule has 114 valence electrons. The van der Waals surface area contributed by atoms with Crippen molar-refractivity contribution in [2.24, 2.45) is 0 Å². The van der Waals surface area contributed by atoms with Gasteiger partial charge in [-0.05, 0) is 48.2 Å². The molecule has 1 saturated carbocycles. The largest absolute Gasteiger partial charge is 0.497 e. The van der Waals surface area contributed by atoms with Crippen molar-refractivity contribution in [3.63, 3.8) is 0 Å². The van der Waals surface area contributed by atoms with Crippen LogP contribution in [0.1, 0.15) is 40.7 Å². The molecule has 22 heavy (non-hydrogen) atoms. The Balaban J connectivity index is 1.93. The molecule has 0 aliphatic heterocycles. The molecule has 0 aromatic heterocycles. The molecule has 3 rings (SSSR count). The third kappa shape index (κ3) is 2.37. The molecule has 0 unspecified atom stereocenters. The second-order valence-corrected chi connectivity index (χ2v) is 5.73. The van der Waals surface area contributed by atoms with Crippen LogP contribution < -0.4 is 4.74 Å². The van der Waals surface area contributed by atoms with Crippen LogP contribution in [0.3, 0.4) is 0 Å². The highest BCUT2D eigenvalue weighted by atomic mass is 16.5. The van der Waals surface area contributed by atoms with E-state index in [1.54, 1.807) is 7.11 Å². The van der Waals surface area contributed by atoms with E-state index < -0.39 is 0 Å². The highest BCUT2D eigenvalue weighted by molar-refractivity contribution is 5.89. The number of hydrogen-bond acceptors (Lipinski definition) is 3. The quantitative estimate of drug-likeness (QED) is 0.801. The Hall–Kier alpha value is -2.29. The first-order chi connectivity index (χ1) is 10.7. The van der Waals surface area contributed by atoms with Gasteiger partial charge < -0.3 is 9.47 Å². The second kappa shape index (κ2) is 5.84. The molecule has 2 aromatic rings. The normalized spacial score (nSPS) is 15.7. The van der Waals surface area contributed by atoms with Crippen LogP contribution in [0, 0.1) is 0 Å². The topological polar surface area (TPSA) is 35.5 Å². The lowest BCUT2D eigenvalue weighted by atomic mass is 9.60. The number of rotatable bonds is 4. The van der Waals surface area contributed by atoms with Gasteiger partial charge in [0.15, 0.2) is 0 Å². The summed E-state index contributed by atoms with van der Waals surface area (Å²) >= 11 is 0. The van der Waals surface area contributed by atoms with Crippen molar-refractivity contribution in [2.75, 3.05) is 14.2 Å². The molecule has 3 heteroatoms. The summed E-state index contributed by atoms with van der Waals surface area (Å²) in [5, 5.41) is 0. The van der Waals surface area contributed by atoms with Gasteiger partial charge in [0.05, 0.1) is 19.8 Å². The summed E-state index contributed by atoms with van der Waals surface area (Å²) in [6.45, 7) is 0. The molecule has 0 saturated heterocycles. The average molecular weight is 296 g/mol. The zero-order chi connectivity index (χ0) is 15.6. The van der Waals surface area contributed by atoms with E-state index in [4.69, 9.17) is 9.47 Å². The van der Waals surface area contributed by atoms with Gasteiger partial charge in [0, 0.05) is 5.41 Å². The zero-order valence-electron chi connectivity index (χ0n) is 13.0. The second-order valence-electron chi connectivity index (χ2n) is 5.73. The summed E-state index contributed by atoms with van der Waals surface area (Å²) < 4.78 is 10.0. The zero-order valence-corrected chi connectivity index (χ0v) is 13.0. The molecule has 1 aliphatic rings. The fourth-order valence-corrected chi connectivity index (χ4v) is 3.23. The third-order valence-electron chi connectivity index (χ3n) is 4.71. The lowest BCUT2D eigenvalue weighted by molar-refractivity contribution is 0.0600. The van der Waals surface area contributed by atoms with E-state index in [1.165, 1.54) is 24.7 Å². The van der Waals surface area contributed by atoms with Gasteiger partial charge in [-0.3, -0.25) is 0 Å². The number of carbonyl (C=O) groups excluding carboxylic acids is 1. The van der Waals surface area contributed by atoms with Crippen LogP contribution >= 0.6 is 0 Å². The van der Waals surface area contributed by atoms with Crippen molar-refractivity contribution >= 4 is 5.97 Å². The lowest BCUT2D eigenvalue weighted by Crippen LogP contribution is -2.35. The number of esters is 1. The Morgan fingerprint density at radius 3 is 1.86 bits per heavy atom. The average Bonchev–Trinajstić information content (AvgIpc) is 2.54. The predicted octanol–water partition coefficient (Wildman–Crippen LogP) is 3.95. The monoisotopic (exact) mass is 296 g/mol. The molecule has 0 spiro atoms. The van der Waals surface area contributed by atoms with E-state index in [0.717, 1.165) is 18.6 Å². The van der Waals surface area contributed by atoms with Crippen molar-refractivity contribution in [3.8, 4) is 5.75 Å². The standard InChI is InChI=1S/C19H20O3/c1-21-17-10-8-16(9-11-17)19(12-3-13-19)15-6-4-14(5-7-15)18(20)22-2/h4-11H,3,12-13H2,1-2H3. The lowest BCUT2D eigenvalue weighted by Gasteiger charge is -2.43. The molecule has 0 N–H and O–H groups in total. The van der Waals surface area contributed by atoms with Crippen molar-refractivity contribution in [2.45, 2.75) is 24.7 Å². The van der Waals surface area contributed by atoms with Crippen LogP contribution in [0.4, 0.5) is 0 Å². The molecule has 1 aliphatic carbocycles. The number of methoxy groups -OCH3 is 2. The molecule has 3 nitrogen and oxygen atoms in total. The Morgan fingerprint density at radius 2 is 1.45 bits per heavy atom. The van der Waals surface area contributed by atoms with Crippen molar-refractivity contribution < 1.29 is 14.3 Å². The minimum absolute atomic E-state index is 0.0704. The molecule has 0 bridgehead atoms. The smallest absolute Gasteiger partial charge is 0.337 e. The molecule has 2 aromatic carbocycles. The van der Waals surface area contributed by atoms with E-state index in [0.29, 0.717) is 5.56 Å². The summed E-state index contributed by atoms with van der Waals surface area (Å²) in [6, 6.07) is 16.1. The maximum absolute atomic E-state index is 11.6. The summed E-state index contributed by atoms with van der Waals surface area (Å²) in [6.07, 6.45) is 3.50. The van der Waals surface area contributed by atoms with Crippen molar-refractivity contribution in [1.82, 2.24) is 0 Å². The van der Waals surface area contributed by atoms with E-state index in [9.17, 15) is 4.79 Å². The van der Waals surface area contributed by atoms with Crippen LogP contribution in [0.25, 0.3) is 0 Å². The molecular weight excluding hydrogens is 276 g/mol. The Bertz CT molecular complexity index is 652. The van der Waals surface area contributed by atoms with Gasteiger partial charge >= 0.3 is 5.97 Å². The van der Waals surface area contributed by atoms with Crippen molar-refractivity contribution in [1.29, 1.82) is 0 Å². The number of carbonyl (C=O) groups is 1. The number of benzene rings is 2. The maximum atomic E-state index is 11.6. The van der Waals surface area contributed by atoms with Crippen molar-refractivity contribution in [3.05, 3.63) is 65.2 Å². The SMILES string of the molecule is COC(=O)c1ccc(C2(c3ccc(OC)cc3)CCC2)cc1. The number of hydrogen-bond donors (Lipinski definition) is 0. The Morgan fingerprint density at radius 1 is 0.909 bits per heavy atom. The molecule has 1 fully saturated rings. The van der Waals surface area contributed by atoms with Gasteiger partial charge in [0.25, 0.3) is 0 Å². The van der Waals surface area contributed by atoms with Gasteiger partial charge in [-0.1, -0.05) is 30.7 Å². The van der Waals surface area contributed by atoms with Crippen LogP contribution in [0.15, 0.2) is 48.5 Å². The van der Waals surface area contributed by atoms with Crippen LogP contribution in [0.5, 0.6) is 5.75 Å². The summed E-state index contributed by atoms with van der Waals surface area (Å²) in [5.41, 5.74) is 3.23. The maximum Gasteiger partial charge on any atom is 0.337 e. The highest BCUT2D eigenvalue weighted by Crippen LogP contribution is 2.49. The summed E-state index contributed by atoms with van der Waals surface area (Å²) in [7, 11) is 3.08. The fraction of sp³-hybridized carbons (Fsp3) is 0.316. The van der Waals surface area contributed by atoms with Crippen LogP contribution in [-0.4, -0.2) is 20.2 Å². The van der Waals surface area contributed by atoms with Gasteiger partial charge in [0.1, 0.15) is 5.75 Å². The summed E-state index contributed by atoms with van der Waals surface area (Å²) in [4.78, 5) is 11.6. The van der Waals surface area contributed by atoms with E-state index in [-0.39, 0.29) is 11.4 Å². The minimum atomic E-state index is -0.293. The van der Waals surface area contributed by atoms with E-state index in [1.807, 2.05) is 24.3 Å². The number of ether oxygens (including phenoxy) is 2.